The molecule has 1 amide bonds. The van der Waals surface area contributed by atoms with E-state index in [0.29, 0.717) is 24.3 Å². The van der Waals surface area contributed by atoms with E-state index in [1.54, 1.807) is 6.92 Å². The summed E-state index contributed by atoms with van der Waals surface area (Å²) in [5.41, 5.74) is 2.06. The molecule has 0 radical (unpaired) electrons. The molecule has 5 nitrogen and oxygen atoms in total. The minimum Gasteiger partial charge on any atom is -0.492 e. The van der Waals surface area contributed by atoms with Crippen molar-refractivity contribution in [2.45, 2.75) is 13.3 Å². The number of carbonyl (C=O) groups is 2. The Hall–Kier alpha value is -2.82. The lowest BCUT2D eigenvalue weighted by molar-refractivity contribution is 0.0696. The third-order valence-corrected chi connectivity index (χ3v) is 3.47. The summed E-state index contributed by atoms with van der Waals surface area (Å²) in [7, 11) is 1.50. The molecule has 120 valence electrons. The topological polar surface area (TPSA) is 75.6 Å². The molecule has 0 bridgehead atoms. The molecular formula is C18H19NO4. The third-order valence-electron chi connectivity index (χ3n) is 3.47. The van der Waals surface area contributed by atoms with Crippen LogP contribution >= 0.6 is 0 Å². The number of carbonyl (C=O) groups excluding carboxylic acids is 1. The largest absolute Gasteiger partial charge is 0.492 e. The number of aryl methyl sites for hydroxylation is 1. The van der Waals surface area contributed by atoms with Crippen LogP contribution in [0, 0.1) is 6.92 Å². The quantitative estimate of drug-likeness (QED) is 0.859. The van der Waals surface area contributed by atoms with E-state index in [-0.39, 0.29) is 17.0 Å². The van der Waals surface area contributed by atoms with Gasteiger partial charge in [-0.1, -0.05) is 30.3 Å². The fourth-order valence-electron chi connectivity index (χ4n) is 2.31. The molecule has 23 heavy (non-hydrogen) atoms. The minimum atomic E-state index is -1.07. The Morgan fingerprint density at radius 2 is 1.87 bits per heavy atom. The van der Waals surface area contributed by atoms with E-state index in [0.717, 1.165) is 5.56 Å². The Morgan fingerprint density at radius 1 is 1.17 bits per heavy atom. The van der Waals surface area contributed by atoms with E-state index < -0.39 is 5.97 Å². The highest BCUT2D eigenvalue weighted by atomic mass is 16.5. The molecule has 0 fully saturated rings. The summed E-state index contributed by atoms with van der Waals surface area (Å²) < 4.78 is 5.78. The maximum atomic E-state index is 12.0. The van der Waals surface area contributed by atoms with Crippen LogP contribution in [0.25, 0.3) is 0 Å². The van der Waals surface area contributed by atoms with Crippen molar-refractivity contribution in [3.8, 4) is 5.75 Å². The summed E-state index contributed by atoms with van der Waals surface area (Å²) in [5.74, 6) is -1.02. The lowest BCUT2D eigenvalue weighted by Crippen LogP contribution is -2.20. The monoisotopic (exact) mass is 313 g/mol. The standard InChI is InChI=1S/C18H19NO4/c1-12-10-14(18(21)22)11-15(17(20)19-2)16(12)23-9-8-13-6-4-3-5-7-13/h3-7,10-11H,8-9H2,1-2H3,(H,19,20)(H,21,22). The fourth-order valence-corrected chi connectivity index (χ4v) is 2.31. The fraction of sp³-hybridized carbons (Fsp3) is 0.222. The van der Waals surface area contributed by atoms with Gasteiger partial charge in [-0.2, -0.15) is 0 Å². The molecule has 0 unspecified atom stereocenters. The molecular weight excluding hydrogens is 294 g/mol. The lowest BCUT2D eigenvalue weighted by atomic mass is 10.0. The van der Waals surface area contributed by atoms with Gasteiger partial charge in [0.05, 0.1) is 17.7 Å². The van der Waals surface area contributed by atoms with Crippen molar-refractivity contribution in [2.75, 3.05) is 13.7 Å². The van der Waals surface area contributed by atoms with Crippen molar-refractivity contribution in [1.82, 2.24) is 5.32 Å². The van der Waals surface area contributed by atoms with Crippen molar-refractivity contribution in [3.63, 3.8) is 0 Å². The van der Waals surface area contributed by atoms with Crippen molar-refractivity contribution in [2.24, 2.45) is 0 Å². The third kappa shape index (κ3) is 4.10. The first-order valence-corrected chi connectivity index (χ1v) is 7.29. The van der Waals surface area contributed by atoms with Crippen LogP contribution in [0.1, 0.15) is 31.8 Å². The van der Waals surface area contributed by atoms with Crippen molar-refractivity contribution >= 4 is 11.9 Å². The summed E-state index contributed by atoms with van der Waals surface area (Å²) >= 11 is 0. The Morgan fingerprint density at radius 3 is 2.48 bits per heavy atom. The van der Waals surface area contributed by atoms with Crippen LogP contribution in [-0.4, -0.2) is 30.6 Å². The first kappa shape index (κ1) is 16.5. The van der Waals surface area contributed by atoms with Crippen molar-refractivity contribution < 1.29 is 19.4 Å². The molecule has 5 heteroatoms. The van der Waals surface area contributed by atoms with Crippen LogP contribution in [0.15, 0.2) is 42.5 Å². The Labute approximate surface area is 134 Å². The molecule has 2 aromatic carbocycles. The van der Waals surface area contributed by atoms with Crippen LogP contribution in [0.3, 0.4) is 0 Å². The van der Waals surface area contributed by atoms with E-state index in [2.05, 4.69) is 5.32 Å². The summed E-state index contributed by atoms with van der Waals surface area (Å²) in [5, 5.41) is 11.6. The molecule has 2 rings (SSSR count). The Balaban J connectivity index is 2.22. The molecule has 0 aliphatic rings. The average Bonchev–Trinajstić information content (AvgIpc) is 2.56. The number of ether oxygens (including phenoxy) is 1. The van der Waals surface area contributed by atoms with Gasteiger partial charge in [-0.25, -0.2) is 4.79 Å². The molecule has 0 aromatic heterocycles. The molecule has 2 N–H and O–H groups in total. The average molecular weight is 313 g/mol. The number of rotatable bonds is 6. The van der Waals surface area contributed by atoms with Crippen LogP contribution in [-0.2, 0) is 6.42 Å². The number of nitrogens with one attached hydrogen (secondary N) is 1. The minimum absolute atomic E-state index is 0.0662. The zero-order chi connectivity index (χ0) is 16.8. The van der Waals surface area contributed by atoms with E-state index in [4.69, 9.17) is 9.84 Å². The highest BCUT2D eigenvalue weighted by Crippen LogP contribution is 2.26. The Kier molecular flexibility index (Phi) is 5.36. The Bertz CT molecular complexity index is 710. The van der Waals surface area contributed by atoms with Gasteiger partial charge in [0, 0.05) is 13.5 Å². The van der Waals surface area contributed by atoms with Crippen molar-refractivity contribution in [3.05, 3.63) is 64.7 Å². The van der Waals surface area contributed by atoms with Gasteiger partial charge < -0.3 is 15.2 Å². The van der Waals surface area contributed by atoms with Crippen molar-refractivity contribution in [1.29, 1.82) is 0 Å². The SMILES string of the molecule is CNC(=O)c1cc(C(=O)O)cc(C)c1OCCc1ccccc1. The summed E-state index contributed by atoms with van der Waals surface area (Å²) in [4.78, 5) is 23.2. The summed E-state index contributed by atoms with van der Waals surface area (Å²) in [6.07, 6.45) is 0.703. The number of carboxylic acids is 1. The van der Waals surface area contributed by atoms with Gasteiger partial charge in [0.1, 0.15) is 5.75 Å². The second-order valence-electron chi connectivity index (χ2n) is 5.14. The highest BCUT2D eigenvalue weighted by molar-refractivity contribution is 6.00. The van der Waals surface area contributed by atoms with Crippen LogP contribution in [0.2, 0.25) is 0 Å². The molecule has 0 atom stereocenters. The van der Waals surface area contributed by atoms with E-state index in [1.165, 1.54) is 19.2 Å². The summed E-state index contributed by atoms with van der Waals surface area (Å²) in [6, 6.07) is 12.7. The van der Waals surface area contributed by atoms with E-state index in [9.17, 15) is 9.59 Å². The van der Waals surface area contributed by atoms with Gasteiger partial charge in [-0.05, 0) is 30.2 Å². The number of hydrogen-bond donors (Lipinski definition) is 2. The van der Waals surface area contributed by atoms with Gasteiger partial charge in [0.2, 0.25) is 0 Å². The van der Waals surface area contributed by atoms with Gasteiger partial charge in [0.15, 0.2) is 0 Å². The maximum absolute atomic E-state index is 12.0. The second-order valence-corrected chi connectivity index (χ2v) is 5.14. The van der Waals surface area contributed by atoms with E-state index in [1.807, 2.05) is 30.3 Å². The first-order chi connectivity index (χ1) is 11.0. The summed E-state index contributed by atoms with van der Waals surface area (Å²) in [6.45, 7) is 2.14. The molecule has 0 aliphatic heterocycles. The smallest absolute Gasteiger partial charge is 0.335 e. The zero-order valence-corrected chi connectivity index (χ0v) is 13.1. The number of hydrogen-bond acceptors (Lipinski definition) is 3. The van der Waals surface area contributed by atoms with Gasteiger partial charge >= 0.3 is 5.97 Å². The number of amides is 1. The van der Waals surface area contributed by atoms with Gasteiger partial charge in [-0.15, -0.1) is 0 Å². The lowest BCUT2D eigenvalue weighted by Gasteiger charge is -2.14. The molecule has 0 saturated carbocycles. The molecule has 2 aromatic rings. The normalized spacial score (nSPS) is 10.2. The predicted octanol–water partition coefficient (Wildman–Crippen LogP) is 2.67. The molecule has 0 spiro atoms. The number of carboxylic acid groups (broad SMARTS) is 1. The maximum Gasteiger partial charge on any atom is 0.335 e. The second kappa shape index (κ2) is 7.45. The van der Waals surface area contributed by atoms with Crippen LogP contribution in [0.4, 0.5) is 0 Å². The molecule has 0 heterocycles. The highest BCUT2D eigenvalue weighted by Gasteiger charge is 2.18. The van der Waals surface area contributed by atoms with Crippen LogP contribution in [0.5, 0.6) is 5.75 Å². The van der Waals surface area contributed by atoms with Gasteiger partial charge in [0.25, 0.3) is 5.91 Å². The number of benzene rings is 2. The molecule has 0 saturated heterocycles. The first-order valence-electron chi connectivity index (χ1n) is 7.29. The predicted molar refractivity (Wildman–Crippen MR) is 87.2 cm³/mol. The number of aromatic carboxylic acids is 1. The zero-order valence-electron chi connectivity index (χ0n) is 13.1. The van der Waals surface area contributed by atoms with Crippen LogP contribution < -0.4 is 10.1 Å². The molecule has 0 aliphatic carbocycles. The van der Waals surface area contributed by atoms with Gasteiger partial charge in [-0.3, -0.25) is 4.79 Å². The van der Waals surface area contributed by atoms with E-state index >= 15 is 0 Å².